The second-order valence-corrected chi connectivity index (χ2v) is 6.40. The molecule has 2 aromatic rings. The summed E-state index contributed by atoms with van der Waals surface area (Å²) in [6.07, 6.45) is -0.477. The Morgan fingerprint density at radius 1 is 1.00 bits per heavy atom. The molecule has 1 N–H and O–H groups in total. The van der Waals surface area contributed by atoms with E-state index in [0.717, 1.165) is 5.56 Å². The molecular formula is C19H21NO4. The maximum absolute atomic E-state index is 12.6. The van der Waals surface area contributed by atoms with E-state index in [1.807, 2.05) is 30.3 Å². The number of hydrogen-bond donors (Lipinski definition) is 1. The summed E-state index contributed by atoms with van der Waals surface area (Å²) in [7, 11) is 0. The molecule has 0 saturated carbocycles. The SMILES string of the molecule is CC(C)(C)OC(=O)N(Cc1ccccc1)c1ccc(C(=O)O)cc1. The van der Waals surface area contributed by atoms with E-state index in [2.05, 4.69) is 0 Å². The number of benzene rings is 2. The molecule has 0 aliphatic rings. The van der Waals surface area contributed by atoms with Crippen molar-refractivity contribution in [1.29, 1.82) is 0 Å². The molecule has 0 spiro atoms. The van der Waals surface area contributed by atoms with Crippen LogP contribution in [0.3, 0.4) is 0 Å². The summed E-state index contributed by atoms with van der Waals surface area (Å²) in [6, 6.07) is 15.7. The molecular weight excluding hydrogens is 306 g/mol. The number of carbonyl (C=O) groups is 2. The first-order valence-corrected chi connectivity index (χ1v) is 7.64. The molecule has 0 unspecified atom stereocenters. The van der Waals surface area contributed by atoms with Crippen LogP contribution in [0.5, 0.6) is 0 Å². The monoisotopic (exact) mass is 327 g/mol. The number of carbonyl (C=O) groups excluding carboxylic acids is 1. The van der Waals surface area contributed by atoms with Gasteiger partial charge < -0.3 is 9.84 Å². The van der Waals surface area contributed by atoms with E-state index in [4.69, 9.17) is 9.84 Å². The summed E-state index contributed by atoms with van der Waals surface area (Å²) in [5, 5.41) is 9.01. The zero-order valence-corrected chi connectivity index (χ0v) is 14.0. The van der Waals surface area contributed by atoms with Gasteiger partial charge in [0.15, 0.2) is 0 Å². The molecule has 0 fully saturated rings. The van der Waals surface area contributed by atoms with Gasteiger partial charge in [-0.25, -0.2) is 9.59 Å². The quantitative estimate of drug-likeness (QED) is 0.908. The number of anilines is 1. The first-order valence-electron chi connectivity index (χ1n) is 7.64. The molecule has 5 nitrogen and oxygen atoms in total. The van der Waals surface area contributed by atoms with Crippen LogP contribution in [0, 0.1) is 0 Å². The van der Waals surface area contributed by atoms with Gasteiger partial charge in [-0.3, -0.25) is 4.90 Å². The Morgan fingerprint density at radius 2 is 1.58 bits per heavy atom. The first kappa shape index (κ1) is 17.5. The number of nitrogens with zero attached hydrogens (tertiary/aromatic N) is 1. The lowest BCUT2D eigenvalue weighted by atomic mass is 10.1. The van der Waals surface area contributed by atoms with Crippen LogP contribution < -0.4 is 4.90 Å². The van der Waals surface area contributed by atoms with Crippen LogP contribution in [0.1, 0.15) is 36.7 Å². The normalized spacial score (nSPS) is 11.0. The van der Waals surface area contributed by atoms with Gasteiger partial charge in [-0.2, -0.15) is 0 Å². The van der Waals surface area contributed by atoms with E-state index in [9.17, 15) is 9.59 Å². The van der Waals surface area contributed by atoms with Crippen LogP contribution in [0.15, 0.2) is 54.6 Å². The van der Waals surface area contributed by atoms with Crippen molar-refractivity contribution in [2.45, 2.75) is 32.9 Å². The molecule has 24 heavy (non-hydrogen) atoms. The standard InChI is InChI=1S/C19H21NO4/c1-19(2,3)24-18(23)20(13-14-7-5-4-6-8-14)16-11-9-15(10-12-16)17(21)22/h4-12H,13H2,1-3H3,(H,21,22). The molecule has 2 aromatic carbocycles. The second-order valence-electron chi connectivity index (χ2n) is 6.40. The highest BCUT2D eigenvalue weighted by atomic mass is 16.6. The Hall–Kier alpha value is -2.82. The molecule has 0 bridgehead atoms. The highest BCUT2D eigenvalue weighted by molar-refractivity contribution is 5.91. The topological polar surface area (TPSA) is 66.8 Å². The Kier molecular flexibility index (Phi) is 5.24. The zero-order valence-electron chi connectivity index (χ0n) is 14.0. The minimum atomic E-state index is -1.01. The van der Waals surface area contributed by atoms with Crippen molar-refractivity contribution in [2.24, 2.45) is 0 Å². The first-order chi connectivity index (χ1) is 11.3. The van der Waals surface area contributed by atoms with E-state index in [0.29, 0.717) is 12.2 Å². The van der Waals surface area contributed by atoms with Crippen molar-refractivity contribution < 1.29 is 19.4 Å². The van der Waals surface area contributed by atoms with Crippen molar-refractivity contribution in [1.82, 2.24) is 0 Å². The van der Waals surface area contributed by atoms with Crippen LogP contribution in [0.2, 0.25) is 0 Å². The zero-order chi connectivity index (χ0) is 17.7. The summed E-state index contributed by atoms with van der Waals surface area (Å²) < 4.78 is 5.47. The molecule has 0 aliphatic carbocycles. The van der Waals surface area contributed by atoms with Crippen molar-refractivity contribution in [3.8, 4) is 0 Å². The summed E-state index contributed by atoms with van der Waals surface area (Å²) >= 11 is 0. The van der Waals surface area contributed by atoms with Crippen LogP contribution in [0.4, 0.5) is 10.5 Å². The number of carboxylic acid groups (broad SMARTS) is 1. The number of amides is 1. The van der Waals surface area contributed by atoms with E-state index in [-0.39, 0.29) is 5.56 Å². The van der Waals surface area contributed by atoms with E-state index in [1.54, 1.807) is 32.9 Å². The van der Waals surface area contributed by atoms with Gasteiger partial charge in [0.1, 0.15) is 5.60 Å². The molecule has 5 heteroatoms. The van der Waals surface area contributed by atoms with Crippen molar-refractivity contribution in [3.63, 3.8) is 0 Å². The maximum Gasteiger partial charge on any atom is 0.415 e. The fourth-order valence-corrected chi connectivity index (χ4v) is 2.13. The highest BCUT2D eigenvalue weighted by Gasteiger charge is 2.23. The van der Waals surface area contributed by atoms with Crippen LogP contribution in [-0.2, 0) is 11.3 Å². The van der Waals surface area contributed by atoms with E-state index >= 15 is 0 Å². The number of hydrogen-bond acceptors (Lipinski definition) is 3. The maximum atomic E-state index is 12.6. The highest BCUT2D eigenvalue weighted by Crippen LogP contribution is 2.21. The molecule has 2 rings (SSSR count). The fraction of sp³-hybridized carbons (Fsp3) is 0.263. The van der Waals surface area contributed by atoms with Gasteiger partial charge in [0.25, 0.3) is 0 Å². The van der Waals surface area contributed by atoms with Gasteiger partial charge in [-0.15, -0.1) is 0 Å². The summed E-state index contributed by atoms with van der Waals surface area (Å²) in [4.78, 5) is 25.1. The van der Waals surface area contributed by atoms with Crippen LogP contribution in [-0.4, -0.2) is 22.8 Å². The lowest BCUT2D eigenvalue weighted by molar-refractivity contribution is 0.0577. The minimum Gasteiger partial charge on any atom is -0.478 e. The molecule has 0 aliphatic heterocycles. The van der Waals surface area contributed by atoms with Gasteiger partial charge >= 0.3 is 12.1 Å². The van der Waals surface area contributed by atoms with Crippen LogP contribution >= 0.6 is 0 Å². The molecule has 0 aromatic heterocycles. The largest absolute Gasteiger partial charge is 0.478 e. The molecule has 0 saturated heterocycles. The summed E-state index contributed by atoms with van der Waals surface area (Å²) in [6.45, 7) is 5.75. The Bertz CT molecular complexity index is 702. The average Bonchev–Trinajstić information content (AvgIpc) is 2.52. The number of rotatable bonds is 4. The molecule has 1 amide bonds. The van der Waals surface area contributed by atoms with E-state index < -0.39 is 17.7 Å². The van der Waals surface area contributed by atoms with Gasteiger partial charge in [-0.1, -0.05) is 30.3 Å². The van der Waals surface area contributed by atoms with Crippen LogP contribution in [0.25, 0.3) is 0 Å². The Morgan fingerprint density at radius 3 is 2.08 bits per heavy atom. The van der Waals surface area contributed by atoms with Gasteiger partial charge in [0.2, 0.25) is 0 Å². The van der Waals surface area contributed by atoms with Crippen molar-refractivity contribution in [2.75, 3.05) is 4.90 Å². The summed E-state index contributed by atoms with van der Waals surface area (Å²) in [5.74, 6) is -1.01. The molecule has 0 atom stereocenters. The third-order valence-corrected chi connectivity index (χ3v) is 3.22. The predicted octanol–water partition coefficient (Wildman–Crippen LogP) is 4.33. The molecule has 0 radical (unpaired) electrons. The van der Waals surface area contributed by atoms with E-state index in [1.165, 1.54) is 17.0 Å². The third-order valence-electron chi connectivity index (χ3n) is 3.22. The Labute approximate surface area is 141 Å². The van der Waals surface area contributed by atoms with Gasteiger partial charge in [-0.05, 0) is 50.6 Å². The third kappa shape index (κ3) is 4.84. The molecule has 0 heterocycles. The predicted molar refractivity (Wildman–Crippen MR) is 92.3 cm³/mol. The fourth-order valence-electron chi connectivity index (χ4n) is 2.13. The van der Waals surface area contributed by atoms with Gasteiger partial charge in [0.05, 0.1) is 12.1 Å². The average molecular weight is 327 g/mol. The lowest BCUT2D eigenvalue weighted by Crippen LogP contribution is -2.36. The number of aromatic carboxylic acids is 1. The number of carboxylic acids is 1. The lowest BCUT2D eigenvalue weighted by Gasteiger charge is -2.27. The summed E-state index contributed by atoms with van der Waals surface area (Å²) in [5.41, 5.74) is 1.08. The minimum absolute atomic E-state index is 0.169. The number of ether oxygens (including phenoxy) is 1. The smallest absolute Gasteiger partial charge is 0.415 e. The molecule has 126 valence electrons. The van der Waals surface area contributed by atoms with Crippen molar-refractivity contribution >= 4 is 17.7 Å². The van der Waals surface area contributed by atoms with Gasteiger partial charge in [0, 0.05) is 5.69 Å². The Balaban J connectivity index is 2.31. The second kappa shape index (κ2) is 7.17. The van der Waals surface area contributed by atoms with Crippen molar-refractivity contribution in [3.05, 3.63) is 65.7 Å².